The molecule has 4 nitrogen and oxygen atoms in total. The minimum Gasteiger partial charge on any atom is -0.309 e. The molecule has 11 aromatic rings. The fraction of sp³-hybridized carbons (Fsp3) is 0. The molecular weight excluding hydrogens is 641 g/mol. The van der Waals surface area contributed by atoms with Gasteiger partial charge in [0.05, 0.1) is 38.5 Å². The van der Waals surface area contributed by atoms with Gasteiger partial charge in [0.25, 0.3) is 0 Å². The molecule has 7 aromatic carbocycles. The van der Waals surface area contributed by atoms with Gasteiger partial charge in [-0.05, 0) is 70.8 Å². The summed E-state index contributed by atoms with van der Waals surface area (Å²) in [7, 11) is 0. The zero-order valence-corrected chi connectivity index (χ0v) is 28.2. The van der Waals surface area contributed by atoms with Crippen molar-refractivity contribution in [1.29, 1.82) is 0 Å². The van der Waals surface area contributed by atoms with Crippen molar-refractivity contribution >= 4 is 75.3 Å². The Morgan fingerprint density at radius 2 is 1.06 bits per heavy atom. The van der Waals surface area contributed by atoms with E-state index >= 15 is 0 Å². The molecule has 11 rings (SSSR count). The molecule has 0 spiro atoms. The van der Waals surface area contributed by atoms with E-state index in [1.54, 1.807) is 11.3 Å². The molecule has 0 N–H and O–H groups in total. The minimum absolute atomic E-state index is 0.678. The summed E-state index contributed by atoms with van der Waals surface area (Å²) >= 11 is 1.74. The van der Waals surface area contributed by atoms with Crippen LogP contribution >= 0.6 is 11.3 Å². The van der Waals surface area contributed by atoms with Gasteiger partial charge in [-0.25, -0.2) is 9.97 Å². The number of hydrogen-bond acceptors (Lipinski definition) is 3. The van der Waals surface area contributed by atoms with Crippen molar-refractivity contribution in [3.8, 4) is 33.9 Å². The highest BCUT2D eigenvalue weighted by atomic mass is 32.1. The van der Waals surface area contributed by atoms with Gasteiger partial charge in [-0.2, -0.15) is 0 Å². The van der Waals surface area contributed by atoms with Crippen LogP contribution in [0.4, 0.5) is 0 Å². The van der Waals surface area contributed by atoms with Crippen LogP contribution in [0, 0.1) is 0 Å². The van der Waals surface area contributed by atoms with Crippen LogP contribution in [0.5, 0.6) is 0 Å². The topological polar surface area (TPSA) is 35.6 Å². The Kier molecular flexibility index (Phi) is 6.09. The van der Waals surface area contributed by atoms with Crippen molar-refractivity contribution in [2.45, 2.75) is 0 Å². The van der Waals surface area contributed by atoms with Gasteiger partial charge in [-0.1, -0.05) is 115 Å². The van der Waals surface area contributed by atoms with Crippen LogP contribution in [-0.4, -0.2) is 19.1 Å². The third kappa shape index (κ3) is 4.25. The summed E-state index contributed by atoms with van der Waals surface area (Å²) in [6.07, 6.45) is 1.99. The van der Waals surface area contributed by atoms with Gasteiger partial charge < -0.3 is 4.57 Å². The molecule has 0 saturated heterocycles. The van der Waals surface area contributed by atoms with Crippen molar-refractivity contribution in [1.82, 2.24) is 19.1 Å². The normalized spacial score (nSPS) is 11.9. The molecule has 0 aliphatic heterocycles. The number of benzene rings is 7. The molecule has 0 atom stereocenters. The maximum absolute atomic E-state index is 5.33. The summed E-state index contributed by atoms with van der Waals surface area (Å²) in [5.41, 5.74) is 11.5. The Bertz CT molecular complexity index is 3090. The Hall–Kier alpha value is -6.56. The lowest BCUT2D eigenvalue weighted by molar-refractivity contribution is 1.01. The number of para-hydroxylation sites is 3. The lowest BCUT2D eigenvalue weighted by Gasteiger charge is -2.10. The highest BCUT2D eigenvalue weighted by molar-refractivity contribution is 7.25. The smallest absolute Gasteiger partial charge is 0.235 e. The van der Waals surface area contributed by atoms with Crippen LogP contribution in [-0.2, 0) is 0 Å². The maximum atomic E-state index is 5.33. The van der Waals surface area contributed by atoms with E-state index < -0.39 is 0 Å². The third-order valence-electron chi connectivity index (χ3n) is 10.2. The molecule has 51 heavy (non-hydrogen) atoms. The predicted octanol–water partition coefficient (Wildman–Crippen LogP) is 12.4. The fourth-order valence-corrected chi connectivity index (χ4v) is 8.95. The van der Waals surface area contributed by atoms with E-state index in [2.05, 4.69) is 173 Å². The number of hydrogen-bond donors (Lipinski definition) is 0. The van der Waals surface area contributed by atoms with E-state index in [-0.39, 0.29) is 0 Å². The van der Waals surface area contributed by atoms with Crippen LogP contribution < -0.4 is 0 Å². The van der Waals surface area contributed by atoms with Gasteiger partial charge >= 0.3 is 0 Å². The number of aromatic nitrogens is 4. The summed E-state index contributed by atoms with van der Waals surface area (Å²) in [5, 5.41) is 6.07. The summed E-state index contributed by atoms with van der Waals surface area (Å²) < 4.78 is 6.88. The van der Waals surface area contributed by atoms with Crippen LogP contribution in [0.1, 0.15) is 0 Å². The summed E-state index contributed by atoms with van der Waals surface area (Å²) in [6.45, 7) is 0. The van der Waals surface area contributed by atoms with E-state index in [0.29, 0.717) is 5.95 Å². The largest absolute Gasteiger partial charge is 0.309 e. The Morgan fingerprint density at radius 3 is 1.84 bits per heavy atom. The Morgan fingerprint density at radius 1 is 0.431 bits per heavy atom. The second kappa shape index (κ2) is 11.0. The lowest BCUT2D eigenvalue weighted by atomic mass is 9.99. The molecule has 0 aliphatic rings. The van der Waals surface area contributed by atoms with Crippen molar-refractivity contribution in [2.75, 3.05) is 0 Å². The van der Waals surface area contributed by atoms with E-state index in [4.69, 9.17) is 9.97 Å². The monoisotopic (exact) mass is 668 g/mol. The van der Waals surface area contributed by atoms with Gasteiger partial charge in [0.2, 0.25) is 5.95 Å². The third-order valence-corrected chi connectivity index (χ3v) is 11.3. The highest BCUT2D eigenvalue weighted by Gasteiger charge is 2.19. The van der Waals surface area contributed by atoms with Crippen LogP contribution in [0.3, 0.4) is 0 Å². The molecule has 0 aliphatic carbocycles. The molecule has 0 amide bonds. The zero-order valence-electron chi connectivity index (χ0n) is 27.4. The standard InChI is InChI=1S/C46H28N4S/c1-2-12-29(13-3-1)33-19-11-23-41-44(33)36-18-6-9-22-40(36)50(41)46-47-28-43-45(48-46)37-27-31(24-25-42(37)51-43)30-14-10-15-32(26-30)49-38-20-7-4-16-34(38)35-17-5-8-21-39(35)49/h1-28H. The molecule has 238 valence electrons. The molecule has 5 heteroatoms. The van der Waals surface area contributed by atoms with Crippen LogP contribution in [0.15, 0.2) is 170 Å². The molecule has 0 saturated carbocycles. The maximum Gasteiger partial charge on any atom is 0.235 e. The van der Waals surface area contributed by atoms with E-state index in [0.717, 1.165) is 37.9 Å². The summed E-state index contributed by atoms with van der Waals surface area (Å²) in [4.78, 5) is 10.3. The van der Waals surface area contributed by atoms with E-state index in [1.807, 2.05) is 6.20 Å². The molecule has 0 bridgehead atoms. The van der Waals surface area contributed by atoms with Gasteiger partial charge in [-0.3, -0.25) is 4.57 Å². The first-order chi connectivity index (χ1) is 25.3. The minimum atomic E-state index is 0.678. The van der Waals surface area contributed by atoms with Crippen LogP contribution in [0.25, 0.3) is 97.8 Å². The first-order valence-corrected chi connectivity index (χ1v) is 18.0. The first kappa shape index (κ1) is 28.3. The number of nitrogens with zero attached hydrogens (tertiary/aromatic N) is 4. The second-order valence-corrected chi connectivity index (χ2v) is 14.1. The van der Waals surface area contributed by atoms with Gasteiger partial charge in [0.1, 0.15) is 0 Å². The van der Waals surface area contributed by atoms with Crippen LogP contribution in [0.2, 0.25) is 0 Å². The molecule has 4 heterocycles. The Labute approximate surface area is 297 Å². The molecule has 0 fully saturated rings. The van der Waals surface area contributed by atoms with Crippen molar-refractivity contribution in [2.24, 2.45) is 0 Å². The number of fused-ring (bicyclic) bond motifs is 9. The van der Waals surface area contributed by atoms with E-state index in [1.165, 1.54) is 54.0 Å². The lowest BCUT2D eigenvalue weighted by Crippen LogP contribution is -2.00. The fourth-order valence-electron chi connectivity index (χ4n) is 7.96. The quantitative estimate of drug-likeness (QED) is 0.187. The SMILES string of the molecule is c1ccc(-c2cccc3c2c2ccccc2n3-c2ncc3sc4ccc(-c5cccc(-n6c7ccccc7c7ccccc76)c5)cc4c3n2)cc1. The predicted molar refractivity (Wildman–Crippen MR) is 214 cm³/mol. The molecule has 0 unspecified atom stereocenters. The number of rotatable bonds is 4. The first-order valence-electron chi connectivity index (χ1n) is 17.2. The molecule has 4 aromatic heterocycles. The molecule has 0 radical (unpaired) electrons. The average Bonchev–Trinajstić information content (AvgIpc) is 3.85. The summed E-state index contributed by atoms with van der Waals surface area (Å²) in [6, 6.07) is 58.7. The summed E-state index contributed by atoms with van der Waals surface area (Å²) in [5.74, 6) is 0.678. The Balaban J connectivity index is 1.08. The van der Waals surface area contributed by atoms with Gasteiger partial charge in [-0.15, -0.1) is 11.3 Å². The van der Waals surface area contributed by atoms with Crippen molar-refractivity contribution in [3.05, 3.63) is 170 Å². The van der Waals surface area contributed by atoms with Gasteiger partial charge in [0, 0.05) is 37.3 Å². The average molecular weight is 669 g/mol. The molecular formula is C46H28N4S. The van der Waals surface area contributed by atoms with Crippen molar-refractivity contribution in [3.63, 3.8) is 0 Å². The van der Waals surface area contributed by atoms with E-state index in [9.17, 15) is 0 Å². The van der Waals surface area contributed by atoms with Crippen molar-refractivity contribution < 1.29 is 0 Å². The second-order valence-electron chi connectivity index (χ2n) is 13.0. The van der Waals surface area contributed by atoms with Gasteiger partial charge in [0.15, 0.2) is 0 Å². The zero-order chi connectivity index (χ0) is 33.5. The number of thiophene rings is 1. The highest BCUT2D eigenvalue weighted by Crippen LogP contribution is 2.40.